The molecule has 33 heavy (non-hydrogen) atoms. The molecule has 1 aromatic heterocycles. The van der Waals surface area contributed by atoms with Crippen LogP contribution in [0.25, 0.3) is 0 Å². The number of carbonyl (C=O) groups excluding carboxylic acids is 1. The molecule has 2 aliphatic heterocycles. The zero-order valence-electron chi connectivity index (χ0n) is 18.0. The van der Waals surface area contributed by atoms with Gasteiger partial charge in [-0.3, -0.25) is 9.69 Å². The minimum atomic E-state index is -4.57. The van der Waals surface area contributed by atoms with Crippen LogP contribution < -0.4 is 15.4 Å². The van der Waals surface area contributed by atoms with Gasteiger partial charge in [-0.25, -0.2) is 4.68 Å². The van der Waals surface area contributed by atoms with E-state index < -0.39 is 24.2 Å². The number of amides is 1. The van der Waals surface area contributed by atoms with Crippen LogP contribution in [0.2, 0.25) is 5.02 Å². The van der Waals surface area contributed by atoms with Gasteiger partial charge < -0.3 is 20.1 Å². The standard InChI is InChI=1S/C21H25ClF3N5O3/c1-32-14-4-2-13(3-5-14)15-12-16(21(23,24)25)30-19(27-15)17(22)18(28-30)20(31)26-6-7-29-8-10-33-11-9-29/h2-5,15-16,27H,6-12H2,1H3,(H,26,31)/t15-,16+/m1/s1. The van der Waals surface area contributed by atoms with Crippen molar-refractivity contribution >= 4 is 23.3 Å². The van der Waals surface area contributed by atoms with Gasteiger partial charge >= 0.3 is 6.18 Å². The molecule has 12 heteroatoms. The second kappa shape index (κ2) is 9.78. The van der Waals surface area contributed by atoms with Crippen LogP contribution in [0.15, 0.2) is 24.3 Å². The maximum Gasteiger partial charge on any atom is 0.410 e. The number of hydrogen-bond acceptors (Lipinski definition) is 6. The topological polar surface area (TPSA) is 80.7 Å². The van der Waals surface area contributed by atoms with E-state index in [0.29, 0.717) is 37.6 Å². The number of ether oxygens (including phenoxy) is 2. The number of nitrogens with zero attached hydrogens (tertiary/aromatic N) is 3. The molecule has 0 radical (unpaired) electrons. The SMILES string of the molecule is COc1ccc([C@H]2C[C@@H](C(F)(F)F)n3nc(C(=O)NCCN4CCOCC4)c(Cl)c3N2)cc1. The van der Waals surface area contributed by atoms with E-state index in [-0.39, 0.29) is 23.0 Å². The Bertz CT molecular complexity index is 977. The molecule has 4 rings (SSSR count). The molecule has 1 aromatic carbocycles. The summed E-state index contributed by atoms with van der Waals surface area (Å²) in [5.74, 6) is -0.0377. The number of rotatable bonds is 6. The molecule has 1 saturated heterocycles. The second-order valence-electron chi connectivity index (χ2n) is 7.93. The number of aromatic nitrogens is 2. The van der Waals surface area contributed by atoms with Crippen molar-refractivity contribution in [3.8, 4) is 5.75 Å². The van der Waals surface area contributed by atoms with Gasteiger partial charge in [-0.1, -0.05) is 23.7 Å². The molecule has 0 saturated carbocycles. The minimum Gasteiger partial charge on any atom is -0.497 e. The molecule has 1 amide bonds. The number of anilines is 1. The molecule has 2 atom stereocenters. The van der Waals surface area contributed by atoms with Crippen LogP contribution in [-0.4, -0.2) is 73.3 Å². The summed E-state index contributed by atoms with van der Waals surface area (Å²) in [7, 11) is 1.51. The Morgan fingerprint density at radius 3 is 2.64 bits per heavy atom. The van der Waals surface area contributed by atoms with Gasteiger partial charge in [0, 0.05) is 32.6 Å². The maximum absolute atomic E-state index is 13.9. The lowest BCUT2D eigenvalue weighted by Gasteiger charge is -2.33. The van der Waals surface area contributed by atoms with E-state index in [4.69, 9.17) is 21.1 Å². The summed E-state index contributed by atoms with van der Waals surface area (Å²) in [6.07, 6.45) is -4.86. The minimum absolute atomic E-state index is 0.0237. The number of fused-ring (bicyclic) bond motifs is 1. The molecule has 180 valence electrons. The third kappa shape index (κ3) is 5.20. The first-order valence-corrected chi connectivity index (χ1v) is 11.0. The van der Waals surface area contributed by atoms with Crippen LogP contribution in [0.5, 0.6) is 5.75 Å². The fourth-order valence-electron chi connectivity index (χ4n) is 4.03. The Morgan fingerprint density at radius 1 is 1.30 bits per heavy atom. The van der Waals surface area contributed by atoms with E-state index in [1.54, 1.807) is 24.3 Å². The fourth-order valence-corrected chi connectivity index (χ4v) is 4.29. The zero-order valence-corrected chi connectivity index (χ0v) is 18.7. The number of benzene rings is 1. The second-order valence-corrected chi connectivity index (χ2v) is 8.31. The van der Waals surface area contributed by atoms with Crippen molar-refractivity contribution < 1.29 is 27.4 Å². The van der Waals surface area contributed by atoms with Gasteiger partial charge in [-0.15, -0.1) is 0 Å². The predicted molar refractivity (Wildman–Crippen MR) is 116 cm³/mol. The molecule has 0 unspecified atom stereocenters. The van der Waals surface area contributed by atoms with Gasteiger partial charge in [-0.05, 0) is 17.7 Å². The van der Waals surface area contributed by atoms with Gasteiger partial charge in [0.25, 0.3) is 5.91 Å². The van der Waals surface area contributed by atoms with Crippen LogP contribution in [0, 0.1) is 0 Å². The van der Waals surface area contributed by atoms with Crippen molar-refractivity contribution in [2.24, 2.45) is 0 Å². The average Bonchev–Trinajstić information content (AvgIpc) is 3.15. The summed E-state index contributed by atoms with van der Waals surface area (Å²) in [5.41, 5.74) is 0.413. The first-order chi connectivity index (χ1) is 15.8. The Labute approximate surface area is 194 Å². The van der Waals surface area contributed by atoms with Crippen molar-refractivity contribution in [3.05, 3.63) is 40.5 Å². The summed E-state index contributed by atoms with van der Waals surface area (Å²) in [4.78, 5) is 14.8. The molecule has 0 aliphatic carbocycles. The molecule has 2 N–H and O–H groups in total. The number of nitrogens with one attached hydrogen (secondary N) is 2. The van der Waals surface area contributed by atoms with Crippen molar-refractivity contribution in [1.29, 1.82) is 0 Å². The highest BCUT2D eigenvalue weighted by Gasteiger charge is 2.47. The Kier molecular flexibility index (Phi) is 7.01. The van der Waals surface area contributed by atoms with Crippen molar-refractivity contribution in [2.45, 2.75) is 24.7 Å². The van der Waals surface area contributed by atoms with E-state index in [1.165, 1.54) is 7.11 Å². The zero-order chi connectivity index (χ0) is 23.6. The fraction of sp³-hybridized carbons (Fsp3) is 0.524. The first-order valence-electron chi connectivity index (χ1n) is 10.6. The lowest BCUT2D eigenvalue weighted by Crippen LogP contribution is -2.41. The lowest BCUT2D eigenvalue weighted by molar-refractivity contribution is -0.173. The Balaban J connectivity index is 1.53. The van der Waals surface area contributed by atoms with E-state index in [2.05, 4.69) is 20.6 Å². The van der Waals surface area contributed by atoms with Crippen molar-refractivity contribution in [3.63, 3.8) is 0 Å². The van der Waals surface area contributed by atoms with Crippen LogP contribution in [0.4, 0.5) is 19.0 Å². The van der Waals surface area contributed by atoms with Crippen LogP contribution in [0.1, 0.15) is 34.6 Å². The van der Waals surface area contributed by atoms with Crippen LogP contribution >= 0.6 is 11.6 Å². The molecule has 0 spiro atoms. The van der Waals surface area contributed by atoms with Gasteiger partial charge in [0.15, 0.2) is 11.7 Å². The third-order valence-electron chi connectivity index (χ3n) is 5.85. The molecule has 2 aromatic rings. The molecular weight excluding hydrogens is 463 g/mol. The van der Waals surface area contributed by atoms with E-state index in [9.17, 15) is 18.0 Å². The highest BCUT2D eigenvalue weighted by atomic mass is 35.5. The van der Waals surface area contributed by atoms with Gasteiger partial charge in [0.05, 0.1) is 26.4 Å². The summed E-state index contributed by atoms with van der Waals surface area (Å²) < 4.78 is 52.9. The van der Waals surface area contributed by atoms with Crippen LogP contribution in [-0.2, 0) is 4.74 Å². The predicted octanol–water partition coefficient (Wildman–Crippen LogP) is 3.27. The van der Waals surface area contributed by atoms with Crippen LogP contribution in [0.3, 0.4) is 0 Å². The molecule has 3 heterocycles. The number of alkyl halides is 3. The summed E-state index contributed by atoms with van der Waals surface area (Å²) in [6.45, 7) is 3.71. The van der Waals surface area contributed by atoms with Gasteiger partial charge in [-0.2, -0.15) is 18.3 Å². The van der Waals surface area contributed by atoms with E-state index >= 15 is 0 Å². The van der Waals surface area contributed by atoms with E-state index in [0.717, 1.165) is 17.8 Å². The van der Waals surface area contributed by atoms with Gasteiger partial charge in [0.1, 0.15) is 16.6 Å². The Morgan fingerprint density at radius 2 is 2.00 bits per heavy atom. The molecule has 2 aliphatic rings. The molecule has 8 nitrogen and oxygen atoms in total. The quantitative estimate of drug-likeness (QED) is 0.651. The number of halogens is 4. The number of morpholine rings is 1. The van der Waals surface area contributed by atoms with Gasteiger partial charge in [0.2, 0.25) is 0 Å². The highest BCUT2D eigenvalue weighted by Crippen LogP contribution is 2.46. The van der Waals surface area contributed by atoms with Crippen molar-refractivity contribution in [2.75, 3.05) is 51.8 Å². The molecule has 0 bridgehead atoms. The summed E-state index contributed by atoms with van der Waals surface area (Å²) in [6, 6.07) is 4.17. The monoisotopic (exact) mass is 487 g/mol. The smallest absolute Gasteiger partial charge is 0.410 e. The first kappa shape index (κ1) is 23.7. The largest absolute Gasteiger partial charge is 0.497 e. The number of hydrogen-bond donors (Lipinski definition) is 2. The molecule has 1 fully saturated rings. The maximum atomic E-state index is 13.9. The van der Waals surface area contributed by atoms with Crippen molar-refractivity contribution in [1.82, 2.24) is 20.0 Å². The summed E-state index contributed by atoms with van der Waals surface area (Å²) in [5, 5.41) is 9.55. The normalized spacial score (nSPS) is 21.2. The number of methoxy groups -OCH3 is 1. The average molecular weight is 488 g/mol. The molecular formula is C21H25ClF3N5O3. The highest BCUT2D eigenvalue weighted by molar-refractivity contribution is 6.36. The summed E-state index contributed by atoms with van der Waals surface area (Å²) >= 11 is 6.36. The number of carbonyl (C=O) groups is 1. The Hall–Kier alpha value is -2.50. The third-order valence-corrected chi connectivity index (χ3v) is 6.20. The van der Waals surface area contributed by atoms with E-state index in [1.807, 2.05) is 0 Å². The lowest BCUT2D eigenvalue weighted by atomic mass is 9.97.